The van der Waals surface area contributed by atoms with Gasteiger partial charge in [-0.2, -0.15) is 4.98 Å². The first-order valence-corrected chi connectivity index (χ1v) is 6.67. The summed E-state index contributed by atoms with van der Waals surface area (Å²) >= 11 is 0. The van der Waals surface area contributed by atoms with E-state index in [1.165, 1.54) is 6.20 Å². The third kappa shape index (κ3) is 2.94. The van der Waals surface area contributed by atoms with Crippen LogP contribution in [0.3, 0.4) is 0 Å². The molecule has 0 spiro atoms. The molecule has 0 aliphatic heterocycles. The number of hydrogen-bond acceptors (Lipinski definition) is 6. The average molecular weight is 271 g/mol. The maximum Gasteiger partial charge on any atom is 0.242 e. The number of hydrogen-bond donors (Lipinski definition) is 3. The molecule has 0 fully saturated rings. The first-order chi connectivity index (χ1) is 8.62. The minimum Gasteiger partial charge on any atom is -0.363 e. The molecule has 8 nitrogen and oxygen atoms in total. The van der Waals surface area contributed by atoms with Gasteiger partial charge in [-0.1, -0.05) is 5.16 Å². The van der Waals surface area contributed by atoms with Crippen molar-refractivity contribution >= 4 is 10.0 Å². The summed E-state index contributed by atoms with van der Waals surface area (Å²) in [6, 6.07) is 1.56. The Balaban J connectivity index is 2.05. The monoisotopic (exact) mass is 271 g/mol. The van der Waals surface area contributed by atoms with Crippen LogP contribution >= 0.6 is 0 Å². The van der Waals surface area contributed by atoms with Gasteiger partial charge in [0.25, 0.3) is 0 Å². The van der Waals surface area contributed by atoms with Crippen molar-refractivity contribution < 1.29 is 12.9 Å². The van der Waals surface area contributed by atoms with Crippen LogP contribution in [0.1, 0.15) is 11.5 Å². The molecule has 0 saturated carbocycles. The SMILES string of the molecule is CNCc1cc(S(=O)(=O)NCc2ncon2)c[nH]1. The highest BCUT2D eigenvalue weighted by molar-refractivity contribution is 7.89. The van der Waals surface area contributed by atoms with Crippen LogP contribution in [0.15, 0.2) is 28.1 Å². The van der Waals surface area contributed by atoms with Gasteiger partial charge < -0.3 is 14.8 Å². The highest BCUT2D eigenvalue weighted by atomic mass is 32.2. The van der Waals surface area contributed by atoms with Gasteiger partial charge in [-0.15, -0.1) is 0 Å². The molecule has 0 radical (unpaired) electrons. The van der Waals surface area contributed by atoms with E-state index >= 15 is 0 Å². The third-order valence-corrected chi connectivity index (χ3v) is 3.60. The molecule has 0 amide bonds. The molecule has 2 rings (SSSR count). The molecule has 0 aliphatic rings. The summed E-state index contributed by atoms with van der Waals surface area (Å²) in [4.78, 5) is 6.78. The van der Waals surface area contributed by atoms with Crippen molar-refractivity contribution in [1.82, 2.24) is 25.2 Å². The van der Waals surface area contributed by atoms with Crippen LogP contribution in [-0.2, 0) is 23.1 Å². The van der Waals surface area contributed by atoms with E-state index in [-0.39, 0.29) is 17.3 Å². The van der Waals surface area contributed by atoms with Crippen LogP contribution in [-0.4, -0.2) is 30.6 Å². The predicted molar refractivity (Wildman–Crippen MR) is 61.9 cm³/mol. The lowest BCUT2D eigenvalue weighted by atomic mass is 10.4. The molecule has 98 valence electrons. The van der Waals surface area contributed by atoms with E-state index in [9.17, 15) is 8.42 Å². The third-order valence-electron chi connectivity index (χ3n) is 2.22. The summed E-state index contributed by atoms with van der Waals surface area (Å²) in [5, 5.41) is 6.44. The van der Waals surface area contributed by atoms with E-state index in [1.807, 2.05) is 0 Å². The van der Waals surface area contributed by atoms with E-state index in [4.69, 9.17) is 0 Å². The lowest BCUT2D eigenvalue weighted by Gasteiger charge is -2.01. The molecule has 0 aromatic carbocycles. The number of aromatic nitrogens is 3. The zero-order valence-electron chi connectivity index (χ0n) is 9.67. The van der Waals surface area contributed by atoms with Crippen molar-refractivity contribution in [2.24, 2.45) is 0 Å². The topological polar surface area (TPSA) is 113 Å². The smallest absolute Gasteiger partial charge is 0.242 e. The fourth-order valence-corrected chi connectivity index (χ4v) is 2.38. The number of nitrogens with one attached hydrogen (secondary N) is 3. The number of rotatable bonds is 6. The van der Waals surface area contributed by atoms with Crippen LogP contribution in [0.5, 0.6) is 0 Å². The Bertz CT molecular complexity index is 590. The maximum atomic E-state index is 11.9. The molecule has 0 atom stereocenters. The fourth-order valence-electron chi connectivity index (χ4n) is 1.38. The summed E-state index contributed by atoms with van der Waals surface area (Å²) in [5.41, 5.74) is 0.789. The van der Waals surface area contributed by atoms with Gasteiger partial charge in [-0.3, -0.25) is 0 Å². The molecule has 0 bridgehead atoms. The van der Waals surface area contributed by atoms with Crippen molar-refractivity contribution in [2.75, 3.05) is 7.05 Å². The van der Waals surface area contributed by atoms with Crippen LogP contribution < -0.4 is 10.0 Å². The molecule has 3 N–H and O–H groups in total. The van der Waals surface area contributed by atoms with Crippen molar-refractivity contribution in [2.45, 2.75) is 18.0 Å². The lowest BCUT2D eigenvalue weighted by molar-refractivity contribution is 0.409. The maximum absolute atomic E-state index is 11.9. The van der Waals surface area contributed by atoms with Crippen molar-refractivity contribution in [1.29, 1.82) is 0 Å². The molecule has 0 saturated heterocycles. The summed E-state index contributed by atoms with van der Waals surface area (Å²) in [6.07, 6.45) is 2.58. The average Bonchev–Trinajstić information content (AvgIpc) is 2.98. The molecule has 18 heavy (non-hydrogen) atoms. The van der Waals surface area contributed by atoms with Gasteiger partial charge in [-0.25, -0.2) is 13.1 Å². The van der Waals surface area contributed by atoms with E-state index in [1.54, 1.807) is 13.1 Å². The van der Waals surface area contributed by atoms with Crippen LogP contribution in [0.4, 0.5) is 0 Å². The largest absolute Gasteiger partial charge is 0.363 e. The number of nitrogens with zero attached hydrogens (tertiary/aromatic N) is 2. The highest BCUT2D eigenvalue weighted by Gasteiger charge is 2.16. The molecular weight excluding hydrogens is 258 g/mol. The summed E-state index contributed by atoms with van der Waals surface area (Å²) < 4.78 is 30.7. The Hall–Kier alpha value is -1.71. The second-order valence-corrected chi connectivity index (χ2v) is 5.33. The minimum absolute atomic E-state index is 0.00856. The Labute approximate surface area is 104 Å². The Morgan fingerprint density at radius 2 is 2.28 bits per heavy atom. The number of H-pyrrole nitrogens is 1. The van der Waals surface area contributed by atoms with Gasteiger partial charge in [0.1, 0.15) is 0 Å². The van der Waals surface area contributed by atoms with E-state index in [0.717, 1.165) is 12.1 Å². The van der Waals surface area contributed by atoms with Gasteiger partial charge in [0.2, 0.25) is 16.4 Å². The van der Waals surface area contributed by atoms with Crippen LogP contribution in [0, 0.1) is 0 Å². The van der Waals surface area contributed by atoms with E-state index < -0.39 is 10.0 Å². The molecular formula is C9H13N5O3S. The van der Waals surface area contributed by atoms with Gasteiger partial charge in [0.15, 0.2) is 5.82 Å². The van der Waals surface area contributed by atoms with Gasteiger partial charge in [0, 0.05) is 18.4 Å². The van der Waals surface area contributed by atoms with Crippen LogP contribution in [0.25, 0.3) is 0 Å². The van der Waals surface area contributed by atoms with Crippen molar-refractivity contribution in [3.63, 3.8) is 0 Å². The molecule has 2 aromatic rings. The summed E-state index contributed by atoms with van der Waals surface area (Å²) in [7, 11) is -1.78. The summed E-state index contributed by atoms with van der Waals surface area (Å²) in [6.45, 7) is 0.561. The fraction of sp³-hybridized carbons (Fsp3) is 0.333. The van der Waals surface area contributed by atoms with E-state index in [2.05, 4.69) is 29.7 Å². The first-order valence-electron chi connectivity index (χ1n) is 5.18. The molecule has 2 heterocycles. The number of sulfonamides is 1. The zero-order chi connectivity index (χ0) is 13.0. The lowest BCUT2D eigenvalue weighted by Crippen LogP contribution is -2.23. The Morgan fingerprint density at radius 3 is 2.94 bits per heavy atom. The minimum atomic E-state index is -3.56. The molecule has 9 heteroatoms. The number of aromatic amines is 1. The Morgan fingerprint density at radius 1 is 1.44 bits per heavy atom. The quantitative estimate of drug-likeness (QED) is 0.658. The first kappa shape index (κ1) is 12.7. The van der Waals surface area contributed by atoms with Gasteiger partial charge in [0.05, 0.1) is 11.4 Å². The molecule has 0 unspecified atom stereocenters. The van der Waals surface area contributed by atoms with Crippen molar-refractivity contribution in [3.8, 4) is 0 Å². The van der Waals surface area contributed by atoms with Gasteiger partial charge >= 0.3 is 0 Å². The summed E-state index contributed by atoms with van der Waals surface area (Å²) in [5.74, 6) is 0.282. The van der Waals surface area contributed by atoms with Crippen LogP contribution in [0.2, 0.25) is 0 Å². The highest BCUT2D eigenvalue weighted by Crippen LogP contribution is 2.10. The predicted octanol–water partition coefficient (Wildman–Crippen LogP) is -0.404. The molecule has 0 aliphatic carbocycles. The second-order valence-electron chi connectivity index (χ2n) is 3.56. The van der Waals surface area contributed by atoms with Gasteiger partial charge in [-0.05, 0) is 13.1 Å². The zero-order valence-corrected chi connectivity index (χ0v) is 10.5. The Kier molecular flexibility index (Phi) is 3.75. The van der Waals surface area contributed by atoms with E-state index in [0.29, 0.717) is 6.54 Å². The second kappa shape index (κ2) is 5.29. The van der Waals surface area contributed by atoms with Crippen molar-refractivity contribution in [3.05, 3.63) is 30.2 Å². The normalized spacial score (nSPS) is 11.8. The molecule has 2 aromatic heterocycles. The standard InChI is InChI=1S/C9H13N5O3S/c1-10-3-7-2-8(4-11-7)18(15,16)13-5-9-12-6-17-14-9/h2,4,6,10-11,13H,3,5H2,1H3.